The van der Waals surface area contributed by atoms with Crippen molar-refractivity contribution < 1.29 is 19.4 Å². The molecular weight excluding hydrogens is 275 g/mol. The topological polar surface area (TPSA) is 81.9 Å². The summed E-state index contributed by atoms with van der Waals surface area (Å²) in [6.45, 7) is -0.484. The van der Waals surface area contributed by atoms with E-state index in [9.17, 15) is 14.3 Å². The number of halogens is 1. The molecule has 0 amide bonds. The van der Waals surface area contributed by atoms with Crippen LogP contribution in [0.15, 0.2) is 53.5 Å². The standard InChI is InChI=1S/C15H13FN2O3/c16-11-6-2-4-8-13(11)18-14(9-19)17-12-7-3-1-5-10(12)15(20)21/h1-8,19H,9H2,(H,17,18)(H,20,21). The number of hydrogen-bond acceptors (Lipinski definition) is 3. The number of benzene rings is 2. The number of amidine groups is 1. The highest BCUT2D eigenvalue weighted by molar-refractivity contribution is 6.03. The molecule has 21 heavy (non-hydrogen) atoms. The van der Waals surface area contributed by atoms with Gasteiger partial charge in [0.1, 0.15) is 23.9 Å². The van der Waals surface area contributed by atoms with Crippen molar-refractivity contribution in [2.45, 2.75) is 0 Å². The Hall–Kier alpha value is -2.73. The van der Waals surface area contributed by atoms with Crippen LogP contribution in [0.5, 0.6) is 0 Å². The van der Waals surface area contributed by atoms with Gasteiger partial charge in [-0.3, -0.25) is 0 Å². The van der Waals surface area contributed by atoms with Crippen molar-refractivity contribution >= 4 is 23.2 Å². The van der Waals surface area contributed by atoms with E-state index in [1.165, 1.54) is 30.3 Å². The number of rotatable bonds is 4. The van der Waals surface area contributed by atoms with Gasteiger partial charge in [0.15, 0.2) is 0 Å². The van der Waals surface area contributed by atoms with Crippen molar-refractivity contribution in [2.24, 2.45) is 4.99 Å². The maximum Gasteiger partial charge on any atom is 0.337 e. The largest absolute Gasteiger partial charge is 0.478 e. The third-order valence-corrected chi connectivity index (χ3v) is 2.69. The Labute approximate surface area is 120 Å². The molecule has 108 valence electrons. The number of aromatic carboxylic acids is 1. The fraction of sp³-hybridized carbons (Fsp3) is 0.0667. The maximum atomic E-state index is 13.5. The highest BCUT2D eigenvalue weighted by Gasteiger charge is 2.10. The molecule has 0 radical (unpaired) electrons. The zero-order valence-electron chi connectivity index (χ0n) is 11.0. The van der Waals surface area contributed by atoms with Crippen molar-refractivity contribution in [3.63, 3.8) is 0 Å². The van der Waals surface area contributed by atoms with E-state index < -0.39 is 18.4 Å². The van der Waals surface area contributed by atoms with Gasteiger partial charge in [0.25, 0.3) is 0 Å². The summed E-state index contributed by atoms with van der Waals surface area (Å²) in [5.41, 5.74) is 0.364. The molecule has 0 aliphatic heterocycles. The summed E-state index contributed by atoms with van der Waals surface area (Å²) in [5, 5.41) is 21.1. The third-order valence-electron chi connectivity index (χ3n) is 2.69. The average molecular weight is 288 g/mol. The van der Waals surface area contributed by atoms with Crippen molar-refractivity contribution in [3.8, 4) is 0 Å². The van der Waals surface area contributed by atoms with Gasteiger partial charge in [0.2, 0.25) is 0 Å². The van der Waals surface area contributed by atoms with Crippen molar-refractivity contribution in [1.29, 1.82) is 0 Å². The first-order chi connectivity index (χ1) is 10.1. The van der Waals surface area contributed by atoms with Crippen molar-refractivity contribution in [1.82, 2.24) is 0 Å². The van der Waals surface area contributed by atoms with Crippen LogP contribution in [0.25, 0.3) is 0 Å². The number of aliphatic hydroxyl groups is 1. The number of hydrogen-bond donors (Lipinski definition) is 3. The minimum atomic E-state index is -1.11. The summed E-state index contributed by atoms with van der Waals surface area (Å²) in [5.74, 6) is -1.59. The molecule has 0 aliphatic carbocycles. The summed E-state index contributed by atoms with van der Waals surface area (Å²) < 4.78 is 13.5. The number of aliphatic imine (C=N–C) groups is 1. The molecule has 0 atom stereocenters. The number of carbonyl (C=O) groups is 1. The van der Waals surface area contributed by atoms with Gasteiger partial charge in [-0.25, -0.2) is 14.2 Å². The lowest BCUT2D eigenvalue weighted by Crippen LogP contribution is -2.18. The van der Waals surface area contributed by atoms with Gasteiger partial charge in [-0.05, 0) is 24.3 Å². The highest BCUT2D eigenvalue weighted by Crippen LogP contribution is 2.19. The van der Waals surface area contributed by atoms with Crippen LogP contribution >= 0.6 is 0 Å². The Morgan fingerprint density at radius 3 is 2.48 bits per heavy atom. The Morgan fingerprint density at radius 2 is 1.81 bits per heavy atom. The second kappa shape index (κ2) is 6.62. The van der Waals surface area contributed by atoms with Crippen LogP contribution in [0.2, 0.25) is 0 Å². The van der Waals surface area contributed by atoms with Crippen LogP contribution in [-0.4, -0.2) is 28.6 Å². The van der Waals surface area contributed by atoms with Gasteiger partial charge < -0.3 is 15.5 Å². The van der Waals surface area contributed by atoms with Crippen LogP contribution in [0.3, 0.4) is 0 Å². The molecule has 2 aromatic carbocycles. The predicted molar refractivity (Wildman–Crippen MR) is 77.6 cm³/mol. The second-order valence-electron chi connectivity index (χ2n) is 4.14. The SMILES string of the molecule is O=C(O)c1ccccc1NC(CO)=Nc1ccccc1F. The number of para-hydroxylation sites is 2. The number of carboxylic acids is 1. The fourth-order valence-electron chi connectivity index (χ4n) is 1.72. The lowest BCUT2D eigenvalue weighted by molar-refractivity contribution is 0.0698. The minimum absolute atomic E-state index is 0.0344. The van der Waals surface area contributed by atoms with Crippen molar-refractivity contribution in [3.05, 3.63) is 59.9 Å². The molecule has 0 heterocycles. The number of carboxylic acid groups (broad SMARTS) is 1. The van der Waals surface area contributed by atoms with E-state index in [4.69, 9.17) is 5.11 Å². The summed E-state index contributed by atoms with van der Waals surface area (Å²) in [4.78, 5) is 15.1. The minimum Gasteiger partial charge on any atom is -0.478 e. The van der Waals surface area contributed by atoms with E-state index in [2.05, 4.69) is 10.3 Å². The molecule has 0 saturated heterocycles. The zero-order valence-corrected chi connectivity index (χ0v) is 11.0. The summed E-state index contributed by atoms with van der Waals surface area (Å²) in [6, 6.07) is 12.0. The smallest absolute Gasteiger partial charge is 0.337 e. The zero-order chi connectivity index (χ0) is 15.2. The first kappa shape index (κ1) is 14.7. The molecule has 0 saturated carbocycles. The number of anilines is 1. The molecule has 6 heteroatoms. The molecular formula is C15H13FN2O3. The molecule has 0 aromatic heterocycles. The normalized spacial score (nSPS) is 11.2. The van der Waals surface area contributed by atoms with Crippen molar-refractivity contribution in [2.75, 3.05) is 11.9 Å². The van der Waals surface area contributed by atoms with Crippen LogP contribution in [0, 0.1) is 5.82 Å². The summed E-state index contributed by atoms with van der Waals surface area (Å²) in [6.07, 6.45) is 0. The predicted octanol–water partition coefficient (Wildman–Crippen LogP) is 2.66. The lowest BCUT2D eigenvalue weighted by atomic mass is 10.2. The van der Waals surface area contributed by atoms with Gasteiger partial charge in [-0.1, -0.05) is 24.3 Å². The lowest BCUT2D eigenvalue weighted by Gasteiger charge is -2.10. The second-order valence-corrected chi connectivity index (χ2v) is 4.14. The molecule has 3 N–H and O–H groups in total. The number of aliphatic hydroxyl groups excluding tert-OH is 1. The third kappa shape index (κ3) is 3.64. The monoisotopic (exact) mass is 288 g/mol. The average Bonchev–Trinajstić information content (AvgIpc) is 2.49. The first-order valence-electron chi connectivity index (χ1n) is 6.14. The molecule has 5 nitrogen and oxygen atoms in total. The fourth-order valence-corrected chi connectivity index (χ4v) is 1.72. The van der Waals surface area contributed by atoms with Crippen LogP contribution in [0.4, 0.5) is 15.8 Å². The summed E-state index contributed by atoms with van der Waals surface area (Å²) in [7, 11) is 0. The molecule has 0 bridgehead atoms. The van der Waals surface area contributed by atoms with Gasteiger partial charge in [-0.2, -0.15) is 0 Å². The number of nitrogens with one attached hydrogen (secondary N) is 1. The Kier molecular flexibility index (Phi) is 4.63. The van der Waals surface area contributed by atoms with Crippen LogP contribution in [-0.2, 0) is 0 Å². The van der Waals surface area contributed by atoms with E-state index >= 15 is 0 Å². The summed E-state index contributed by atoms with van der Waals surface area (Å²) >= 11 is 0. The Balaban J connectivity index is 2.32. The highest BCUT2D eigenvalue weighted by atomic mass is 19.1. The molecule has 0 spiro atoms. The van der Waals surface area contributed by atoms with Crippen LogP contribution in [0.1, 0.15) is 10.4 Å². The van der Waals surface area contributed by atoms with Gasteiger partial charge in [-0.15, -0.1) is 0 Å². The van der Waals surface area contributed by atoms with E-state index in [1.54, 1.807) is 18.2 Å². The maximum absolute atomic E-state index is 13.5. The molecule has 0 unspecified atom stereocenters. The van der Waals surface area contributed by atoms with Gasteiger partial charge in [0, 0.05) is 0 Å². The molecule has 2 aromatic rings. The molecule has 0 fully saturated rings. The quantitative estimate of drug-likeness (QED) is 0.596. The van der Waals surface area contributed by atoms with E-state index in [-0.39, 0.29) is 22.8 Å². The van der Waals surface area contributed by atoms with Crippen LogP contribution < -0.4 is 5.32 Å². The Morgan fingerprint density at radius 1 is 1.14 bits per heavy atom. The Bertz CT molecular complexity index is 686. The van der Waals surface area contributed by atoms with Gasteiger partial charge >= 0.3 is 5.97 Å². The van der Waals surface area contributed by atoms with Gasteiger partial charge in [0.05, 0.1) is 11.3 Å². The number of nitrogens with zero attached hydrogens (tertiary/aromatic N) is 1. The first-order valence-corrected chi connectivity index (χ1v) is 6.14. The molecule has 0 aliphatic rings. The van der Waals surface area contributed by atoms with E-state index in [1.807, 2.05) is 0 Å². The molecule has 2 rings (SSSR count). The van der Waals surface area contributed by atoms with E-state index in [0.717, 1.165) is 0 Å². The van der Waals surface area contributed by atoms with E-state index in [0.29, 0.717) is 0 Å².